The predicted molar refractivity (Wildman–Crippen MR) is 160 cm³/mol. The zero-order valence-corrected chi connectivity index (χ0v) is 24.3. The van der Waals surface area contributed by atoms with Crippen molar-refractivity contribution < 1.29 is 34.2 Å². The van der Waals surface area contributed by atoms with E-state index in [1.807, 2.05) is 24.3 Å². The van der Waals surface area contributed by atoms with Gasteiger partial charge in [-0.3, -0.25) is 24.2 Å². The Bertz CT molecular complexity index is 1310. The Hall–Kier alpha value is -4.66. The number of carbonyl (C=O) groups excluding carboxylic acids is 3. The average molecular weight is 603 g/mol. The zero-order valence-electron chi connectivity index (χ0n) is 24.3. The van der Waals surface area contributed by atoms with Crippen LogP contribution in [0.5, 0.6) is 0 Å². The standard InChI is InChI=1S/C28H42N8O7/c1-3-15(2)23(27(42)43)36-26(41)21(13-16-14-33-19-9-5-4-7-17(16)19)35-25(40)20(10-11-22(37)38)34-24(39)18(29)8-6-12-32-28(30)31/h4-5,7,9,14-15,18,20-21,23,33H,3,6,8,10-13,29H2,1-2H3,(H,34,39)(H,35,40)(H,36,41)(H,37,38)(H,42,43)(H4,30,31,32). The zero-order chi connectivity index (χ0) is 32.1. The summed E-state index contributed by atoms with van der Waals surface area (Å²) in [6.07, 6.45) is 1.99. The van der Waals surface area contributed by atoms with Crippen molar-refractivity contribution >= 4 is 46.5 Å². The van der Waals surface area contributed by atoms with Crippen LogP contribution >= 0.6 is 0 Å². The van der Waals surface area contributed by atoms with E-state index in [4.69, 9.17) is 17.2 Å². The van der Waals surface area contributed by atoms with Gasteiger partial charge in [0, 0.05) is 36.5 Å². The molecule has 0 saturated heterocycles. The Morgan fingerprint density at radius 3 is 2.23 bits per heavy atom. The SMILES string of the molecule is CCC(C)C(NC(=O)C(Cc1c[nH]c2ccccc12)NC(=O)C(CCC(=O)O)NC(=O)C(N)CCCN=C(N)N)C(=O)O. The van der Waals surface area contributed by atoms with Crippen molar-refractivity contribution in [3.05, 3.63) is 36.0 Å². The van der Waals surface area contributed by atoms with Crippen molar-refractivity contribution in [1.29, 1.82) is 0 Å². The van der Waals surface area contributed by atoms with E-state index >= 15 is 0 Å². The number of para-hydroxylation sites is 1. The number of nitrogens with zero attached hydrogens (tertiary/aromatic N) is 1. The summed E-state index contributed by atoms with van der Waals surface area (Å²) < 4.78 is 0. The Labute approximate surface area is 249 Å². The van der Waals surface area contributed by atoms with Crippen LogP contribution in [0.25, 0.3) is 10.9 Å². The number of nitrogens with one attached hydrogen (secondary N) is 4. The first kappa shape index (κ1) is 34.5. The van der Waals surface area contributed by atoms with Crippen molar-refractivity contribution in [2.24, 2.45) is 28.1 Å². The van der Waals surface area contributed by atoms with Crippen LogP contribution in [0.3, 0.4) is 0 Å². The number of carbonyl (C=O) groups is 5. The van der Waals surface area contributed by atoms with E-state index in [0.29, 0.717) is 18.4 Å². The molecule has 0 spiro atoms. The molecule has 0 radical (unpaired) electrons. The summed E-state index contributed by atoms with van der Waals surface area (Å²) in [6.45, 7) is 3.72. The number of carboxylic acid groups (broad SMARTS) is 2. The number of aliphatic carboxylic acids is 2. The number of fused-ring (bicyclic) bond motifs is 1. The van der Waals surface area contributed by atoms with Crippen LogP contribution in [0.4, 0.5) is 0 Å². The Morgan fingerprint density at radius 1 is 0.953 bits per heavy atom. The van der Waals surface area contributed by atoms with Crippen LogP contribution in [-0.4, -0.2) is 81.5 Å². The van der Waals surface area contributed by atoms with Gasteiger partial charge in [-0.2, -0.15) is 0 Å². The van der Waals surface area contributed by atoms with Crippen molar-refractivity contribution in [3.63, 3.8) is 0 Å². The van der Waals surface area contributed by atoms with Gasteiger partial charge < -0.3 is 48.3 Å². The first-order chi connectivity index (χ1) is 20.3. The van der Waals surface area contributed by atoms with Gasteiger partial charge in [0.05, 0.1) is 6.04 Å². The van der Waals surface area contributed by atoms with Crippen LogP contribution in [0.1, 0.15) is 51.5 Å². The number of guanidine groups is 1. The predicted octanol–water partition coefficient (Wildman–Crippen LogP) is -0.459. The summed E-state index contributed by atoms with van der Waals surface area (Å²) in [7, 11) is 0. The summed E-state index contributed by atoms with van der Waals surface area (Å²) >= 11 is 0. The number of rotatable bonds is 18. The van der Waals surface area contributed by atoms with Crippen molar-refractivity contribution in [2.45, 2.75) is 76.5 Å². The molecular formula is C28H42N8O7. The number of carboxylic acids is 2. The molecule has 1 heterocycles. The molecule has 0 saturated carbocycles. The topological polar surface area (TPSA) is 268 Å². The van der Waals surface area contributed by atoms with Gasteiger partial charge in [0.25, 0.3) is 0 Å². The molecule has 2 rings (SSSR count). The largest absolute Gasteiger partial charge is 0.481 e. The molecule has 5 unspecified atom stereocenters. The number of nitrogens with two attached hydrogens (primary N) is 3. The summed E-state index contributed by atoms with van der Waals surface area (Å²) in [5, 5.41) is 27.3. The number of benzene rings is 1. The maximum atomic E-state index is 13.5. The lowest BCUT2D eigenvalue weighted by molar-refractivity contribution is -0.143. The minimum atomic E-state index is -1.34. The molecule has 0 aliphatic carbocycles. The van der Waals surface area contributed by atoms with E-state index < -0.39 is 66.2 Å². The van der Waals surface area contributed by atoms with E-state index in [1.165, 1.54) is 0 Å². The fourth-order valence-electron chi connectivity index (χ4n) is 4.40. The molecule has 1 aromatic carbocycles. The van der Waals surface area contributed by atoms with Gasteiger partial charge in [-0.15, -0.1) is 0 Å². The van der Waals surface area contributed by atoms with Crippen LogP contribution < -0.4 is 33.2 Å². The fraction of sp³-hybridized carbons (Fsp3) is 0.500. The van der Waals surface area contributed by atoms with Gasteiger partial charge in [0.1, 0.15) is 18.1 Å². The lowest BCUT2D eigenvalue weighted by atomic mass is 9.97. The second-order valence-electron chi connectivity index (χ2n) is 10.4. The molecule has 236 valence electrons. The number of aromatic amines is 1. The second-order valence-corrected chi connectivity index (χ2v) is 10.4. The summed E-state index contributed by atoms with van der Waals surface area (Å²) in [5.41, 5.74) is 18.0. The molecule has 0 aliphatic heterocycles. The number of hydrogen-bond donors (Lipinski definition) is 9. The molecule has 15 nitrogen and oxygen atoms in total. The van der Waals surface area contributed by atoms with E-state index in [2.05, 4.69) is 25.9 Å². The maximum Gasteiger partial charge on any atom is 0.326 e. The summed E-state index contributed by atoms with van der Waals surface area (Å²) in [6, 6.07) is 2.49. The lowest BCUT2D eigenvalue weighted by Crippen LogP contribution is -2.58. The smallest absolute Gasteiger partial charge is 0.326 e. The molecule has 0 fully saturated rings. The lowest BCUT2D eigenvalue weighted by Gasteiger charge is -2.26. The highest BCUT2D eigenvalue weighted by atomic mass is 16.4. The van der Waals surface area contributed by atoms with E-state index in [-0.39, 0.29) is 31.8 Å². The van der Waals surface area contributed by atoms with Crippen LogP contribution in [0.2, 0.25) is 0 Å². The number of aromatic nitrogens is 1. The first-order valence-electron chi connectivity index (χ1n) is 14.1. The average Bonchev–Trinajstić information content (AvgIpc) is 3.37. The molecule has 2 aromatic rings. The normalized spacial score (nSPS) is 14.5. The monoisotopic (exact) mass is 602 g/mol. The highest BCUT2D eigenvalue weighted by Gasteiger charge is 2.32. The molecule has 1 aromatic heterocycles. The van der Waals surface area contributed by atoms with Gasteiger partial charge in [-0.05, 0) is 36.8 Å². The van der Waals surface area contributed by atoms with E-state index in [0.717, 1.165) is 10.9 Å². The number of H-pyrrole nitrogens is 1. The van der Waals surface area contributed by atoms with Gasteiger partial charge in [-0.25, -0.2) is 4.79 Å². The van der Waals surface area contributed by atoms with Crippen molar-refractivity contribution in [2.75, 3.05) is 6.54 Å². The Morgan fingerprint density at radius 2 is 1.60 bits per heavy atom. The van der Waals surface area contributed by atoms with E-state index in [1.54, 1.807) is 20.0 Å². The molecule has 12 N–H and O–H groups in total. The minimum absolute atomic E-state index is 0.0155. The molecule has 3 amide bonds. The highest BCUT2D eigenvalue weighted by Crippen LogP contribution is 2.20. The van der Waals surface area contributed by atoms with Crippen molar-refractivity contribution in [3.8, 4) is 0 Å². The van der Waals surface area contributed by atoms with Crippen LogP contribution in [0.15, 0.2) is 35.5 Å². The third-order valence-electron chi connectivity index (χ3n) is 7.09. The van der Waals surface area contributed by atoms with Gasteiger partial charge >= 0.3 is 11.9 Å². The minimum Gasteiger partial charge on any atom is -0.481 e. The fourth-order valence-corrected chi connectivity index (χ4v) is 4.40. The molecule has 43 heavy (non-hydrogen) atoms. The molecule has 5 atom stereocenters. The summed E-state index contributed by atoms with van der Waals surface area (Å²) in [5.74, 6) is -5.19. The molecule has 15 heteroatoms. The van der Waals surface area contributed by atoms with Crippen LogP contribution in [-0.2, 0) is 30.4 Å². The van der Waals surface area contributed by atoms with Crippen molar-refractivity contribution in [1.82, 2.24) is 20.9 Å². The summed E-state index contributed by atoms with van der Waals surface area (Å²) in [4.78, 5) is 69.8. The van der Waals surface area contributed by atoms with E-state index in [9.17, 15) is 34.2 Å². The Balaban J connectivity index is 2.29. The molecule has 0 bridgehead atoms. The molecule has 0 aliphatic rings. The first-order valence-corrected chi connectivity index (χ1v) is 14.1. The van der Waals surface area contributed by atoms with Gasteiger partial charge in [-0.1, -0.05) is 38.5 Å². The van der Waals surface area contributed by atoms with Crippen LogP contribution in [0, 0.1) is 5.92 Å². The third kappa shape index (κ3) is 10.9. The highest BCUT2D eigenvalue weighted by molar-refractivity contribution is 5.95. The second kappa shape index (κ2) is 16.7. The van der Waals surface area contributed by atoms with Gasteiger partial charge in [0.15, 0.2) is 5.96 Å². The molecular weight excluding hydrogens is 560 g/mol. The Kier molecular flexibility index (Phi) is 13.4. The quantitative estimate of drug-likeness (QED) is 0.0602. The third-order valence-corrected chi connectivity index (χ3v) is 7.09. The maximum absolute atomic E-state index is 13.5. The number of aliphatic imine (C=N–C) groups is 1. The number of amides is 3. The van der Waals surface area contributed by atoms with Gasteiger partial charge in [0.2, 0.25) is 17.7 Å². The number of hydrogen-bond acceptors (Lipinski definition) is 7.